The van der Waals surface area contributed by atoms with Crippen molar-refractivity contribution < 1.29 is 53.5 Å². The number of benzene rings is 1. The van der Waals surface area contributed by atoms with Crippen LogP contribution < -0.4 is 15.4 Å². The predicted molar refractivity (Wildman–Crippen MR) is 114 cm³/mol. The van der Waals surface area contributed by atoms with Crippen LogP contribution in [-0.4, -0.2) is 29.9 Å². The molecule has 2 heterocycles. The van der Waals surface area contributed by atoms with Gasteiger partial charge >= 0.3 is 24.6 Å². The van der Waals surface area contributed by atoms with Crippen LogP contribution in [0.1, 0.15) is 21.8 Å². The van der Waals surface area contributed by atoms with Gasteiger partial charge in [0.05, 0.1) is 18.5 Å². The molecule has 0 unspecified atom stereocenters. The summed E-state index contributed by atoms with van der Waals surface area (Å²) in [5, 5.41) is 4.85. The fraction of sp³-hybridized carbons (Fsp3) is 0.238. The largest absolute Gasteiger partial charge is 0.467 e. The minimum atomic E-state index is -6.51. The molecule has 0 radical (unpaired) electrons. The molecule has 200 valence electrons. The van der Waals surface area contributed by atoms with Gasteiger partial charge in [-0.1, -0.05) is 6.07 Å². The smallest absolute Gasteiger partial charge is 0.435 e. The average Bonchev–Trinajstić information content (AvgIpc) is 3.31. The number of furan rings is 1. The number of pyridine rings is 1. The third-order valence-electron chi connectivity index (χ3n) is 4.69. The Bertz CT molecular complexity index is 1230. The fourth-order valence-electron chi connectivity index (χ4n) is 3.01. The molecule has 0 bridgehead atoms. The molecule has 3 aromatic rings. The summed E-state index contributed by atoms with van der Waals surface area (Å²) in [4.78, 5) is 16.7. The SMILES string of the molecule is O=C(Nc1c(Br)cc(C(F)(C(F)(F)F)C(F)(F)F)cc1OC(F)F)c1cccc(NCc2ccco2)n1. The van der Waals surface area contributed by atoms with E-state index in [1.54, 1.807) is 12.1 Å². The number of carbonyl (C=O) groups is 1. The molecule has 3 rings (SSSR count). The summed E-state index contributed by atoms with van der Waals surface area (Å²) in [5.41, 5.74) is -9.15. The molecule has 6 nitrogen and oxygen atoms in total. The summed E-state index contributed by atoms with van der Waals surface area (Å²) < 4.78 is 128. The van der Waals surface area contributed by atoms with Crippen molar-refractivity contribution in [3.05, 3.63) is 70.2 Å². The summed E-state index contributed by atoms with van der Waals surface area (Å²) in [7, 11) is 0. The summed E-state index contributed by atoms with van der Waals surface area (Å²) in [6.45, 7) is -3.58. The molecule has 0 saturated carbocycles. The number of anilines is 2. The Kier molecular flexibility index (Phi) is 8.00. The van der Waals surface area contributed by atoms with E-state index >= 15 is 0 Å². The van der Waals surface area contributed by atoms with Gasteiger partial charge in [-0.25, -0.2) is 9.37 Å². The van der Waals surface area contributed by atoms with Crippen LogP contribution in [0.5, 0.6) is 5.75 Å². The number of nitrogens with one attached hydrogen (secondary N) is 2. The van der Waals surface area contributed by atoms with Crippen molar-refractivity contribution in [2.24, 2.45) is 0 Å². The molecule has 1 amide bonds. The van der Waals surface area contributed by atoms with Crippen LogP contribution >= 0.6 is 15.9 Å². The second kappa shape index (κ2) is 10.5. The molecular weight excluding hydrogens is 593 g/mol. The van der Waals surface area contributed by atoms with Gasteiger partial charge in [0, 0.05) is 10.0 Å². The van der Waals surface area contributed by atoms with Gasteiger partial charge < -0.3 is 19.8 Å². The molecule has 0 fully saturated rings. The first-order valence-corrected chi connectivity index (χ1v) is 10.6. The summed E-state index contributed by atoms with van der Waals surface area (Å²) in [6.07, 6.45) is -11.6. The zero-order valence-electron chi connectivity index (χ0n) is 17.9. The number of alkyl halides is 9. The van der Waals surface area contributed by atoms with Gasteiger partial charge in [0.15, 0.2) is 5.75 Å². The predicted octanol–water partition coefficient (Wildman–Crippen LogP) is 7.19. The lowest BCUT2D eigenvalue weighted by Gasteiger charge is -2.31. The fourth-order valence-corrected chi connectivity index (χ4v) is 3.55. The number of rotatable bonds is 8. The van der Waals surface area contributed by atoms with Crippen LogP contribution in [0, 0.1) is 0 Å². The van der Waals surface area contributed by atoms with E-state index in [1.807, 2.05) is 5.32 Å². The molecule has 16 heteroatoms. The molecule has 0 spiro atoms. The molecular formula is C21H13BrF9N3O3. The highest BCUT2D eigenvalue weighted by Gasteiger charge is 2.73. The number of nitrogens with zero attached hydrogens (tertiary/aromatic N) is 1. The Hall–Kier alpha value is -3.43. The maximum Gasteiger partial charge on any atom is 0.435 e. The van der Waals surface area contributed by atoms with E-state index in [9.17, 15) is 44.3 Å². The quantitative estimate of drug-likeness (QED) is 0.266. The maximum absolute atomic E-state index is 14.5. The van der Waals surface area contributed by atoms with Crippen molar-refractivity contribution in [3.8, 4) is 5.75 Å². The lowest BCUT2D eigenvalue weighted by molar-refractivity contribution is -0.348. The van der Waals surface area contributed by atoms with Crippen LogP contribution in [0.25, 0.3) is 0 Å². The van der Waals surface area contributed by atoms with E-state index in [1.165, 1.54) is 24.5 Å². The standard InChI is InChI=1S/C21H13BrF9N3O3/c22-12-7-10(19(25,20(26,27)28)21(29,30)31)8-14(37-18(23)24)16(12)34-17(35)13-4-1-5-15(33-13)32-9-11-3-2-6-36-11/h1-8,18H,9H2,(H,32,33)(H,34,35). The van der Waals surface area contributed by atoms with Gasteiger partial charge in [0.1, 0.15) is 17.3 Å². The van der Waals surface area contributed by atoms with Gasteiger partial charge in [-0.2, -0.15) is 35.1 Å². The van der Waals surface area contributed by atoms with E-state index in [2.05, 4.69) is 31.0 Å². The summed E-state index contributed by atoms with van der Waals surface area (Å²) >= 11 is 2.59. The minimum Gasteiger partial charge on any atom is -0.467 e. The Labute approximate surface area is 209 Å². The van der Waals surface area contributed by atoms with Crippen LogP contribution in [0.2, 0.25) is 0 Å². The second-order valence-corrected chi connectivity index (χ2v) is 8.01. The maximum atomic E-state index is 14.5. The molecule has 0 saturated heterocycles. The highest BCUT2D eigenvalue weighted by Crippen LogP contribution is 2.55. The minimum absolute atomic E-state index is 0.0453. The second-order valence-electron chi connectivity index (χ2n) is 7.16. The van der Waals surface area contributed by atoms with Crippen LogP contribution in [-0.2, 0) is 12.2 Å². The zero-order chi connectivity index (χ0) is 27.6. The first kappa shape index (κ1) is 28.1. The third kappa shape index (κ3) is 6.11. The van der Waals surface area contributed by atoms with E-state index in [0.717, 1.165) is 0 Å². The van der Waals surface area contributed by atoms with Crippen molar-refractivity contribution in [2.75, 3.05) is 10.6 Å². The van der Waals surface area contributed by atoms with E-state index in [-0.39, 0.29) is 30.2 Å². The highest BCUT2D eigenvalue weighted by molar-refractivity contribution is 9.10. The first-order chi connectivity index (χ1) is 17.1. The highest BCUT2D eigenvalue weighted by atomic mass is 79.9. The van der Waals surface area contributed by atoms with Gasteiger partial charge in [0.2, 0.25) is 0 Å². The van der Waals surface area contributed by atoms with E-state index in [4.69, 9.17) is 4.42 Å². The molecule has 0 aliphatic heterocycles. The average molecular weight is 606 g/mol. The Morgan fingerprint density at radius 3 is 2.27 bits per heavy atom. The van der Waals surface area contributed by atoms with Gasteiger partial charge in [-0.15, -0.1) is 0 Å². The Balaban J connectivity index is 1.96. The van der Waals surface area contributed by atoms with Gasteiger partial charge in [0.25, 0.3) is 5.91 Å². The molecule has 2 N–H and O–H groups in total. The lowest BCUT2D eigenvalue weighted by Crippen LogP contribution is -2.50. The Morgan fingerprint density at radius 1 is 1.03 bits per heavy atom. The molecule has 1 aromatic carbocycles. The topological polar surface area (TPSA) is 76.4 Å². The number of hydrogen-bond acceptors (Lipinski definition) is 5. The van der Waals surface area contributed by atoms with Crippen molar-refractivity contribution in [2.45, 2.75) is 31.2 Å². The summed E-state index contributed by atoms with van der Waals surface area (Å²) in [5.74, 6) is -1.78. The first-order valence-electron chi connectivity index (χ1n) is 9.79. The molecule has 0 atom stereocenters. The van der Waals surface area contributed by atoms with Crippen LogP contribution in [0.4, 0.5) is 51.0 Å². The van der Waals surface area contributed by atoms with Gasteiger partial charge in [-0.3, -0.25) is 4.79 Å². The molecule has 37 heavy (non-hydrogen) atoms. The van der Waals surface area contributed by atoms with Crippen molar-refractivity contribution in [1.82, 2.24) is 4.98 Å². The van der Waals surface area contributed by atoms with Crippen molar-refractivity contribution in [3.63, 3.8) is 0 Å². The number of ether oxygens (including phenoxy) is 1. The number of aromatic nitrogens is 1. The van der Waals surface area contributed by atoms with E-state index < -0.39 is 52.0 Å². The number of carbonyl (C=O) groups excluding carboxylic acids is 1. The number of hydrogen-bond donors (Lipinski definition) is 2. The molecule has 0 aliphatic rings. The van der Waals surface area contributed by atoms with E-state index in [0.29, 0.717) is 5.76 Å². The number of halogens is 10. The van der Waals surface area contributed by atoms with Gasteiger partial charge in [-0.05, 0) is 52.3 Å². The van der Waals surface area contributed by atoms with Crippen LogP contribution in [0.15, 0.2) is 57.6 Å². The van der Waals surface area contributed by atoms with Crippen LogP contribution in [0.3, 0.4) is 0 Å². The van der Waals surface area contributed by atoms with Crippen molar-refractivity contribution in [1.29, 1.82) is 0 Å². The zero-order valence-corrected chi connectivity index (χ0v) is 19.4. The monoisotopic (exact) mass is 605 g/mol. The summed E-state index contributed by atoms with van der Waals surface area (Å²) in [6, 6.07) is 7.14. The Morgan fingerprint density at radius 2 is 1.70 bits per heavy atom. The normalized spacial score (nSPS) is 12.5. The number of amides is 1. The van der Waals surface area contributed by atoms with Crippen molar-refractivity contribution >= 4 is 33.3 Å². The lowest BCUT2D eigenvalue weighted by atomic mass is 9.93. The third-order valence-corrected chi connectivity index (χ3v) is 5.32. The molecule has 0 aliphatic carbocycles. The molecule has 2 aromatic heterocycles.